The van der Waals surface area contributed by atoms with Gasteiger partial charge in [-0.2, -0.15) is 0 Å². The first kappa shape index (κ1) is 36.1. The van der Waals surface area contributed by atoms with Gasteiger partial charge in [0.2, 0.25) is 5.91 Å². The lowest BCUT2D eigenvalue weighted by Crippen LogP contribution is -2.57. The van der Waals surface area contributed by atoms with Crippen LogP contribution in [0, 0.1) is 5.92 Å². The number of fused-ring (bicyclic) bond motifs is 1. The number of amides is 2. The second-order valence-corrected chi connectivity index (χ2v) is 15.8. The summed E-state index contributed by atoms with van der Waals surface area (Å²) in [5.74, 6) is 0.437. The third-order valence-electron chi connectivity index (χ3n) is 11.1. The van der Waals surface area contributed by atoms with Crippen LogP contribution in [0.15, 0.2) is 42.6 Å². The molecule has 2 aromatic carbocycles. The van der Waals surface area contributed by atoms with Crippen molar-refractivity contribution >= 4 is 51.6 Å². The minimum atomic E-state index is -0.466. The average Bonchev–Trinajstić information content (AvgIpc) is 3.68. The van der Waals surface area contributed by atoms with Crippen LogP contribution in [0.3, 0.4) is 0 Å². The Morgan fingerprint density at radius 3 is 2.45 bits per heavy atom. The number of para-hydroxylation sites is 1. The van der Waals surface area contributed by atoms with Gasteiger partial charge in [-0.1, -0.05) is 48.3 Å². The fourth-order valence-electron chi connectivity index (χ4n) is 7.84. The van der Waals surface area contributed by atoms with E-state index in [9.17, 15) is 14.0 Å². The molecule has 3 fully saturated rings. The molecule has 0 unspecified atom stereocenters. The van der Waals surface area contributed by atoms with Crippen LogP contribution in [0.1, 0.15) is 68.8 Å². The number of aryl methyl sites for hydroxylation is 1. The second-order valence-electron chi connectivity index (χ2n) is 15.0. The maximum absolute atomic E-state index is 14.0. The molecule has 266 valence electrons. The summed E-state index contributed by atoms with van der Waals surface area (Å²) >= 11 is 13.5. The SMILES string of the molecule is Cn1cc(C(=O)Nc2cc(Cl)c(CC(=O)N3C[C@@H](N4CCN(C(C)(C)CF)CC4)C[C@H]3CO[C@H]3CC[C@H](C)CC3)cc2Cl)c2ccccc21. The number of anilines is 1. The first-order valence-corrected chi connectivity index (χ1v) is 18.5. The van der Waals surface area contributed by atoms with E-state index in [0.29, 0.717) is 40.0 Å². The Morgan fingerprint density at radius 2 is 1.73 bits per heavy atom. The Bertz CT molecular complexity index is 1650. The summed E-state index contributed by atoms with van der Waals surface area (Å²) in [5, 5.41) is 4.45. The molecule has 3 aliphatic rings. The van der Waals surface area contributed by atoms with E-state index >= 15 is 0 Å². The Morgan fingerprint density at radius 1 is 1.02 bits per heavy atom. The first-order valence-electron chi connectivity index (χ1n) is 17.7. The lowest BCUT2D eigenvalue weighted by molar-refractivity contribution is -0.133. The maximum atomic E-state index is 14.0. The number of nitrogens with zero attached hydrogens (tertiary/aromatic N) is 4. The number of hydrogen-bond donors (Lipinski definition) is 1. The predicted molar refractivity (Wildman–Crippen MR) is 196 cm³/mol. The quantitative estimate of drug-likeness (QED) is 0.241. The molecule has 0 bridgehead atoms. The smallest absolute Gasteiger partial charge is 0.257 e. The van der Waals surface area contributed by atoms with Gasteiger partial charge in [-0.05, 0) is 75.6 Å². The van der Waals surface area contributed by atoms with Gasteiger partial charge in [0.05, 0.1) is 41.4 Å². The van der Waals surface area contributed by atoms with Gasteiger partial charge < -0.3 is 19.5 Å². The molecular formula is C38H50Cl2FN5O3. The molecule has 0 spiro atoms. The van der Waals surface area contributed by atoms with Crippen LogP contribution in [-0.2, 0) is 23.0 Å². The summed E-state index contributed by atoms with van der Waals surface area (Å²) in [5.41, 5.74) is 2.04. The van der Waals surface area contributed by atoms with Crippen molar-refractivity contribution in [1.29, 1.82) is 0 Å². The van der Waals surface area contributed by atoms with E-state index in [-0.39, 0.29) is 43.1 Å². The van der Waals surface area contributed by atoms with E-state index in [1.807, 2.05) is 54.6 Å². The lowest BCUT2D eigenvalue weighted by atomic mass is 9.89. The van der Waals surface area contributed by atoms with Crippen LogP contribution in [0.25, 0.3) is 10.9 Å². The molecule has 6 rings (SSSR count). The third kappa shape index (κ3) is 8.12. The summed E-state index contributed by atoms with van der Waals surface area (Å²) < 4.78 is 22.1. The zero-order valence-electron chi connectivity index (χ0n) is 29.2. The highest BCUT2D eigenvalue weighted by Gasteiger charge is 2.40. The number of hydrogen-bond acceptors (Lipinski definition) is 5. The van der Waals surface area contributed by atoms with Crippen molar-refractivity contribution in [1.82, 2.24) is 19.3 Å². The van der Waals surface area contributed by atoms with Crippen molar-refractivity contribution in [2.24, 2.45) is 13.0 Å². The third-order valence-corrected chi connectivity index (χ3v) is 11.7. The van der Waals surface area contributed by atoms with Crippen LogP contribution in [0.4, 0.5) is 10.1 Å². The highest BCUT2D eigenvalue weighted by Crippen LogP contribution is 2.33. The number of rotatable bonds is 10. The Kier molecular flexibility index (Phi) is 11.3. The van der Waals surface area contributed by atoms with Crippen molar-refractivity contribution in [2.75, 3.05) is 51.3 Å². The normalized spacial score (nSPS) is 24.1. The van der Waals surface area contributed by atoms with Crippen LogP contribution in [0.2, 0.25) is 10.0 Å². The minimum absolute atomic E-state index is 0.0175. The van der Waals surface area contributed by atoms with Crippen molar-refractivity contribution < 1.29 is 18.7 Å². The molecule has 0 radical (unpaired) electrons. The van der Waals surface area contributed by atoms with Crippen molar-refractivity contribution in [2.45, 2.75) is 83.0 Å². The molecular weight excluding hydrogens is 664 g/mol. The monoisotopic (exact) mass is 713 g/mol. The van der Waals surface area contributed by atoms with Gasteiger partial charge in [0.15, 0.2) is 0 Å². The summed E-state index contributed by atoms with van der Waals surface area (Å²) in [6.07, 6.45) is 7.46. The number of likely N-dealkylation sites (tertiary alicyclic amines) is 1. The molecule has 1 N–H and O–H groups in total. The second kappa shape index (κ2) is 15.3. The van der Waals surface area contributed by atoms with E-state index in [2.05, 4.69) is 22.0 Å². The maximum Gasteiger partial charge on any atom is 0.257 e. The molecule has 49 heavy (non-hydrogen) atoms. The molecule has 2 amide bonds. The summed E-state index contributed by atoms with van der Waals surface area (Å²) in [7, 11) is 1.90. The number of carbonyl (C=O) groups is 2. The highest BCUT2D eigenvalue weighted by atomic mass is 35.5. The van der Waals surface area contributed by atoms with Crippen molar-refractivity contribution in [3.63, 3.8) is 0 Å². The van der Waals surface area contributed by atoms with Gasteiger partial charge >= 0.3 is 0 Å². The van der Waals surface area contributed by atoms with Crippen molar-refractivity contribution in [3.8, 4) is 0 Å². The van der Waals surface area contributed by atoms with Gasteiger partial charge in [0.25, 0.3) is 5.91 Å². The fourth-order valence-corrected chi connectivity index (χ4v) is 8.30. The highest BCUT2D eigenvalue weighted by molar-refractivity contribution is 6.36. The van der Waals surface area contributed by atoms with Crippen LogP contribution < -0.4 is 5.32 Å². The molecule has 11 heteroatoms. The van der Waals surface area contributed by atoms with Gasteiger partial charge in [-0.25, -0.2) is 4.39 Å². The van der Waals surface area contributed by atoms with E-state index in [0.717, 1.165) is 62.3 Å². The Hall–Kier alpha value is -2.69. The molecule has 8 nitrogen and oxygen atoms in total. The first-order chi connectivity index (χ1) is 23.4. The molecule has 2 aliphatic heterocycles. The predicted octanol–water partition coefficient (Wildman–Crippen LogP) is 7.21. The number of nitrogens with one attached hydrogen (secondary N) is 1. The number of benzene rings is 2. The summed E-state index contributed by atoms with van der Waals surface area (Å²) in [6.45, 7) is 10.3. The summed E-state index contributed by atoms with van der Waals surface area (Å²) in [4.78, 5) is 34.0. The molecule has 3 heterocycles. The van der Waals surface area contributed by atoms with Gasteiger partial charge in [-0.15, -0.1) is 0 Å². The van der Waals surface area contributed by atoms with Gasteiger partial charge in [-0.3, -0.25) is 19.4 Å². The number of halogens is 3. The number of carbonyl (C=O) groups excluding carboxylic acids is 2. The Labute approximate surface area is 299 Å². The standard InChI is InChI=1S/C38H50Cl2FN5O3/c1-25-9-11-29(12-10-25)49-23-28-19-27(44-13-15-45(16-14-44)38(2,3)24-41)21-46(28)36(47)18-26-17-33(40)34(20-32(26)39)42-37(48)31-22-43(4)35-8-6-5-7-30(31)35/h5-8,17,20,22,25,27-29H,9-16,18-19,21,23-24H2,1-4H3,(H,42,48)/t25-,27-,28-,29-/m0/s1. The zero-order valence-corrected chi connectivity index (χ0v) is 30.7. The lowest BCUT2D eigenvalue weighted by Gasteiger charge is -2.44. The molecule has 2 atom stereocenters. The molecule has 1 saturated carbocycles. The van der Waals surface area contributed by atoms with E-state index in [1.54, 1.807) is 18.3 Å². The topological polar surface area (TPSA) is 70.1 Å². The summed E-state index contributed by atoms with van der Waals surface area (Å²) in [6, 6.07) is 11.2. The van der Waals surface area contributed by atoms with Gasteiger partial charge in [0, 0.05) is 73.5 Å². The molecule has 3 aromatic rings. The number of alkyl halides is 1. The zero-order chi connectivity index (χ0) is 34.9. The number of aromatic nitrogens is 1. The average molecular weight is 715 g/mol. The van der Waals surface area contributed by atoms with E-state index < -0.39 is 5.54 Å². The Balaban J connectivity index is 1.13. The van der Waals surface area contributed by atoms with E-state index in [4.69, 9.17) is 27.9 Å². The van der Waals surface area contributed by atoms with Gasteiger partial charge in [0.1, 0.15) is 6.67 Å². The van der Waals surface area contributed by atoms with E-state index in [1.165, 1.54) is 12.8 Å². The van der Waals surface area contributed by atoms with Crippen LogP contribution in [-0.4, -0.2) is 101 Å². The van der Waals surface area contributed by atoms with Crippen molar-refractivity contribution in [3.05, 3.63) is 63.8 Å². The fraction of sp³-hybridized carbons (Fsp3) is 0.579. The number of piperazine rings is 1. The number of ether oxygens (including phenoxy) is 1. The minimum Gasteiger partial charge on any atom is -0.376 e. The molecule has 1 aromatic heterocycles. The van der Waals surface area contributed by atoms with Crippen LogP contribution in [0.5, 0.6) is 0 Å². The van der Waals surface area contributed by atoms with Crippen LogP contribution >= 0.6 is 23.2 Å². The molecule has 1 aliphatic carbocycles. The molecule has 2 saturated heterocycles. The largest absolute Gasteiger partial charge is 0.376 e.